The maximum atomic E-state index is 13.1. The van der Waals surface area contributed by atoms with Crippen molar-refractivity contribution in [3.8, 4) is 11.5 Å². The van der Waals surface area contributed by atoms with Gasteiger partial charge in [0.1, 0.15) is 0 Å². The molecule has 1 aliphatic carbocycles. The largest absolute Gasteiger partial charge is 0.337 e. The quantitative estimate of drug-likeness (QED) is 0.454. The Bertz CT molecular complexity index is 1410. The Morgan fingerprint density at radius 3 is 2.85 bits per heavy atom. The first-order valence-corrected chi connectivity index (χ1v) is 12.0. The number of aromatic nitrogens is 4. The molecule has 1 saturated carbocycles. The molecule has 1 aliphatic heterocycles. The number of amides is 1. The van der Waals surface area contributed by atoms with Crippen LogP contribution in [-0.4, -0.2) is 49.0 Å². The molecule has 3 aromatic heterocycles. The van der Waals surface area contributed by atoms with Crippen LogP contribution in [0.3, 0.4) is 0 Å². The zero-order valence-corrected chi connectivity index (χ0v) is 19.6. The molecule has 1 atom stereocenters. The molecule has 7 nitrogen and oxygen atoms in total. The zero-order valence-electron chi connectivity index (χ0n) is 18.9. The fourth-order valence-electron chi connectivity index (χ4n) is 5.07. The molecule has 2 N–H and O–H groups in total. The normalized spacial score (nSPS) is 17.2. The van der Waals surface area contributed by atoms with Crippen LogP contribution in [0, 0.1) is 5.92 Å². The van der Waals surface area contributed by atoms with E-state index >= 15 is 0 Å². The van der Waals surface area contributed by atoms with Crippen LogP contribution < -0.4 is 5.73 Å². The van der Waals surface area contributed by atoms with Gasteiger partial charge in [0.2, 0.25) is 0 Å². The molecule has 0 radical (unpaired) electrons. The van der Waals surface area contributed by atoms with Crippen molar-refractivity contribution in [1.82, 2.24) is 24.0 Å². The predicted octanol–water partition coefficient (Wildman–Crippen LogP) is 4.00. The first-order valence-electron chi connectivity index (χ1n) is 11.6. The van der Waals surface area contributed by atoms with Crippen LogP contribution in [0.5, 0.6) is 0 Å². The highest BCUT2D eigenvalue weighted by Crippen LogP contribution is 2.38. The number of nitrogens with two attached hydrogens (primary N) is 1. The first kappa shape index (κ1) is 20.7. The summed E-state index contributed by atoms with van der Waals surface area (Å²) >= 11 is 6.53. The number of aryl methyl sites for hydroxylation is 1. The zero-order chi connectivity index (χ0) is 22.9. The predicted molar refractivity (Wildman–Crippen MR) is 130 cm³/mol. The van der Waals surface area contributed by atoms with Gasteiger partial charge in [0.05, 0.1) is 22.2 Å². The summed E-state index contributed by atoms with van der Waals surface area (Å²) in [6, 6.07) is 8.19. The van der Waals surface area contributed by atoms with Gasteiger partial charge in [-0.2, -0.15) is 0 Å². The van der Waals surface area contributed by atoms with Crippen molar-refractivity contribution in [3.05, 3.63) is 46.7 Å². The molecule has 0 unspecified atom stereocenters. The van der Waals surface area contributed by atoms with E-state index in [0.29, 0.717) is 24.2 Å². The topological polar surface area (TPSA) is 82.0 Å². The highest BCUT2D eigenvalue weighted by molar-refractivity contribution is 6.34. The van der Waals surface area contributed by atoms with Crippen molar-refractivity contribution >= 4 is 39.4 Å². The van der Waals surface area contributed by atoms with Gasteiger partial charge in [-0.3, -0.25) is 4.79 Å². The fourth-order valence-corrected chi connectivity index (χ4v) is 5.34. The molecule has 4 heterocycles. The van der Waals surface area contributed by atoms with Gasteiger partial charge >= 0.3 is 0 Å². The number of benzene rings is 1. The summed E-state index contributed by atoms with van der Waals surface area (Å²) in [5.74, 6) is 1.59. The minimum atomic E-state index is -0.0459. The van der Waals surface area contributed by atoms with Crippen LogP contribution in [0.1, 0.15) is 35.7 Å². The second-order valence-electron chi connectivity index (χ2n) is 9.59. The van der Waals surface area contributed by atoms with E-state index < -0.39 is 0 Å². The smallest absolute Gasteiger partial charge is 0.254 e. The molecule has 1 fully saturated rings. The Kier molecular flexibility index (Phi) is 4.74. The lowest BCUT2D eigenvalue weighted by atomic mass is 9.97. The number of pyridine rings is 1. The second-order valence-corrected chi connectivity index (χ2v) is 9.95. The lowest BCUT2D eigenvalue weighted by Crippen LogP contribution is -2.43. The number of halogens is 1. The summed E-state index contributed by atoms with van der Waals surface area (Å²) in [7, 11) is 2.04. The molecule has 6 rings (SSSR count). The third-order valence-electron chi connectivity index (χ3n) is 6.91. The van der Waals surface area contributed by atoms with E-state index in [2.05, 4.69) is 26.3 Å². The first-order chi connectivity index (χ1) is 15.9. The van der Waals surface area contributed by atoms with Gasteiger partial charge in [-0.15, -0.1) is 0 Å². The van der Waals surface area contributed by atoms with Gasteiger partial charge in [-0.1, -0.05) is 11.6 Å². The SMILES string of the molecule is C[C@@H](N)CN1CCc2cc3c(cc2C1=O)nc(-c1cc2ccnc(Cl)c2n1CC1CC1)n3C. The Morgan fingerprint density at radius 2 is 2.09 bits per heavy atom. The fraction of sp³-hybridized carbons (Fsp3) is 0.400. The number of nitrogens with zero attached hydrogens (tertiary/aromatic N) is 5. The van der Waals surface area contributed by atoms with E-state index in [1.807, 2.05) is 31.0 Å². The van der Waals surface area contributed by atoms with Gasteiger partial charge in [0, 0.05) is 49.9 Å². The van der Waals surface area contributed by atoms with Crippen LogP contribution in [-0.2, 0) is 20.0 Å². The number of hydrogen-bond acceptors (Lipinski definition) is 4. The molecular weight excluding hydrogens is 436 g/mol. The van der Waals surface area contributed by atoms with Gasteiger partial charge in [-0.05, 0) is 61.9 Å². The minimum absolute atomic E-state index is 0.0448. The summed E-state index contributed by atoms with van der Waals surface area (Å²) < 4.78 is 4.41. The van der Waals surface area contributed by atoms with Crippen molar-refractivity contribution in [2.45, 2.75) is 38.8 Å². The van der Waals surface area contributed by atoms with Crippen molar-refractivity contribution < 1.29 is 4.79 Å². The number of fused-ring (bicyclic) bond motifs is 3. The number of hydrogen-bond donors (Lipinski definition) is 1. The number of carbonyl (C=O) groups is 1. The Labute approximate surface area is 197 Å². The molecule has 170 valence electrons. The van der Waals surface area contributed by atoms with Crippen molar-refractivity contribution in [3.63, 3.8) is 0 Å². The maximum Gasteiger partial charge on any atom is 0.254 e. The van der Waals surface area contributed by atoms with Crippen molar-refractivity contribution in [2.24, 2.45) is 18.7 Å². The second kappa shape index (κ2) is 7.57. The standard InChI is InChI=1S/C25H27ClN6O/c1-14(27)12-31-8-6-16-9-20-19(11-18(16)25(31)33)29-24(30(20)2)21-10-17-5-7-28-23(26)22(17)32(21)13-15-3-4-15/h5,7,9-11,14-15H,3-4,6,8,12-13,27H2,1-2H3/t14-/m1/s1. The van der Waals surface area contributed by atoms with Gasteiger partial charge in [0.15, 0.2) is 11.0 Å². The van der Waals surface area contributed by atoms with Crippen molar-refractivity contribution in [1.29, 1.82) is 0 Å². The van der Waals surface area contributed by atoms with Crippen molar-refractivity contribution in [2.75, 3.05) is 13.1 Å². The molecule has 4 aromatic rings. The molecule has 1 amide bonds. The number of rotatable bonds is 5. The molecular formula is C25H27ClN6O. The molecule has 33 heavy (non-hydrogen) atoms. The van der Waals surface area contributed by atoms with Crippen LogP contribution in [0.2, 0.25) is 5.15 Å². The summed E-state index contributed by atoms with van der Waals surface area (Å²) in [4.78, 5) is 24.3. The van der Waals surface area contributed by atoms with Gasteiger partial charge in [-0.25, -0.2) is 9.97 Å². The highest BCUT2D eigenvalue weighted by atomic mass is 35.5. The van der Waals surface area contributed by atoms with E-state index in [1.165, 1.54) is 12.8 Å². The van der Waals surface area contributed by atoms with E-state index in [9.17, 15) is 4.79 Å². The average Bonchev–Trinajstić information content (AvgIpc) is 3.44. The van der Waals surface area contributed by atoms with Crippen LogP contribution >= 0.6 is 11.6 Å². The van der Waals surface area contributed by atoms with Crippen LogP contribution in [0.25, 0.3) is 33.5 Å². The minimum Gasteiger partial charge on any atom is -0.337 e. The summed E-state index contributed by atoms with van der Waals surface area (Å²) in [5, 5.41) is 1.59. The third kappa shape index (κ3) is 3.42. The van der Waals surface area contributed by atoms with E-state index in [1.54, 1.807) is 6.20 Å². The Balaban J connectivity index is 1.50. The van der Waals surface area contributed by atoms with Crippen LogP contribution in [0.4, 0.5) is 0 Å². The van der Waals surface area contributed by atoms with Crippen LogP contribution in [0.15, 0.2) is 30.5 Å². The number of imidazole rings is 1. The molecule has 2 aliphatic rings. The van der Waals surface area contributed by atoms with E-state index in [0.717, 1.165) is 57.5 Å². The van der Waals surface area contributed by atoms with E-state index in [-0.39, 0.29) is 11.9 Å². The average molecular weight is 463 g/mol. The Hall–Kier alpha value is -2.90. The third-order valence-corrected chi connectivity index (χ3v) is 7.19. The number of carbonyl (C=O) groups excluding carboxylic acids is 1. The summed E-state index contributed by atoms with van der Waals surface area (Å²) in [6.45, 7) is 4.11. The molecule has 0 saturated heterocycles. The van der Waals surface area contributed by atoms with Gasteiger partial charge < -0.3 is 19.8 Å². The molecule has 1 aromatic carbocycles. The monoisotopic (exact) mass is 462 g/mol. The molecule has 0 spiro atoms. The molecule has 8 heteroatoms. The summed E-state index contributed by atoms with van der Waals surface area (Å²) in [5.41, 5.74) is 11.6. The highest BCUT2D eigenvalue weighted by Gasteiger charge is 2.28. The lowest BCUT2D eigenvalue weighted by Gasteiger charge is -2.29. The Morgan fingerprint density at radius 1 is 1.27 bits per heavy atom. The lowest BCUT2D eigenvalue weighted by molar-refractivity contribution is 0.0732. The summed E-state index contributed by atoms with van der Waals surface area (Å²) in [6.07, 6.45) is 5.06. The van der Waals surface area contributed by atoms with E-state index in [4.69, 9.17) is 22.3 Å². The van der Waals surface area contributed by atoms with Gasteiger partial charge in [0.25, 0.3) is 5.91 Å². The molecule has 0 bridgehead atoms. The maximum absolute atomic E-state index is 13.1.